The third-order valence-electron chi connectivity index (χ3n) is 4.27. The summed E-state index contributed by atoms with van der Waals surface area (Å²) in [5, 5.41) is 3.48. The van der Waals surface area contributed by atoms with Crippen molar-refractivity contribution in [2.24, 2.45) is 14.1 Å². The van der Waals surface area contributed by atoms with Crippen LogP contribution in [0.4, 0.5) is 5.69 Å². The highest BCUT2D eigenvalue weighted by Crippen LogP contribution is 2.22. The first-order valence-electron chi connectivity index (χ1n) is 8.77. The largest absolute Gasteiger partial charge is 0.332 e. The Morgan fingerprint density at radius 1 is 1.18 bits per heavy atom. The fourth-order valence-electron chi connectivity index (χ4n) is 2.79. The van der Waals surface area contributed by atoms with Gasteiger partial charge in [-0.25, -0.2) is 14.8 Å². The van der Waals surface area contributed by atoms with Crippen LogP contribution in [0, 0.1) is 6.92 Å². The molecule has 1 N–H and O–H groups in total. The number of benzene rings is 1. The Labute approximate surface area is 165 Å². The number of thioether (sulfide) groups is 1. The average molecular weight is 399 g/mol. The van der Waals surface area contributed by atoms with Gasteiger partial charge < -0.3 is 5.32 Å². The maximum Gasteiger partial charge on any atom is 0.332 e. The number of aryl methyl sites for hydroxylation is 3. The summed E-state index contributed by atoms with van der Waals surface area (Å²) in [5.74, 6) is 0.384. The maximum atomic E-state index is 12.7. The zero-order valence-corrected chi connectivity index (χ0v) is 17.0. The molecule has 0 saturated carbocycles. The molecular formula is C19H21N5O3S. The fraction of sp³-hybridized carbons (Fsp3) is 0.316. The number of carbonyl (C=O) groups is 1. The number of rotatable bonds is 5. The summed E-state index contributed by atoms with van der Waals surface area (Å²) in [6.07, 6.45) is 0.544. The maximum absolute atomic E-state index is 12.7. The normalized spacial score (nSPS) is 11.0. The van der Waals surface area contributed by atoms with E-state index in [0.717, 1.165) is 21.9 Å². The first kappa shape index (κ1) is 19.8. The van der Waals surface area contributed by atoms with Crippen LogP contribution >= 0.6 is 11.8 Å². The lowest BCUT2D eigenvalue weighted by Crippen LogP contribution is -2.37. The Kier molecular flexibility index (Phi) is 5.64. The molecule has 2 aromatic heterocycles. The Bertz CT molecular complexity index is 1180. The second kappa shape index (κ2) is 7.97. The molecule has 0 aliphatic rings. The van der Waals surface area contributed by atoms with Crippen LogP contribution in [0.1, 0.15) is 18.3 Å². The van der Waals surface area contributed by atoms with E-state index in [-0.39, 0.29) is 22.7 Å². The lowest BCUT2D eigenvalue weighted by molar-refractivity contribution is -0.113. The van der Waals surface area contributed by atoms with Gasteiger partial charge in [-0.2, -0.15) is 0 Å². The molecule has 0 bridgehead atoms. The Hall–Kier alpha value is -2.94. The summed E-state index contributed by atoms with van der Waals surface area (Å²) in [6, 6.07) is 7.51. The van der Waals surface area contributed by atoms with E-state index in [1.165, 1.54) is 11.6 Å². The van der Waals surface area contributed by atoms with Crippen molar-refractivity contribution in [1.29, 1.82) is 0 Å². The van der Waals surface area contributed by atoms with Crippen molar-refractivity contribution in [3.8, 4) is 0 Å². The van der Waals surface area contributed by atoms with E-state index >= 15 is 0 Å². The van der Waals surface area contributed by atoms with Crippen molar-refractivity contribution in [2.75, 3.05) is 11.1 Å². The van der Waals surface area contributed by atoms with E-state index in [2.05, 4.69) is 15.3 Å². The van der Waals surface area contributed by atoms with Crippen LogP contribution in [0.5, 0.6) is 0 Å². The molecular weight excluding hydrogens is 378 g/mol. The van der Waals surface area contributed by atoms with Crippen LogP contribution in [-0.2, 0) is 25.3 Å². The third kappa shape index (κ3) is 3.84. The van der Waals surface area contributed by atoms with Gasteiger partial charge in [0, 0.05) is 26.2 Å². The number of anilines is 1. The molecule has 0 atom stereocenters. The highest BCUT2D eigenvalue weighted by molar-refractivity contribution is 8.00. The van der Waals surface area contributed by atoms with Crippen LogP contribution in [0.15, 0.2) is 38.9 Å². The Balaban J connectivity index is 1.95. The van der Waals surface area contributed by atoms with Gasteiger partial charge in [0.15, 0.2) is 5.65 Å². The number of carbonyl (C=O) groups excluding carboxylic acids is 1. The van der Waals surface area contributed by atoms with Crippen LogP contribution < -0.4 is 16.6 Å². The molecule has 2 heterocycles. The SMILES string of the molecule is CCc1nc(SCC(=O)Nc2cccc(C)c2)c2c(=O)n(C)c(=O)n(C)c2n1. The predicted molar refractivity (Wildman–Crippen MR) is 110 cm³/mol. The molecule has 0 unspecified atom stereocenters. The van der Waals surface area contributed by atoms with E-state index in [1.807, 2.05) is 38.1 Å². The standard InChI is InChI=1S/C19H21N5O3S/c1-5-13-21-16-15(18(26)24(4)19(27)23(16)3)17(22-13)28-10-14(25)20-12-8-6-7-11(2)9-12/h6-9H,5,10H2,1-4H3,(H,20,25). The molecule has 28 heavy (non-hydrogen) atoms. The number of amides is 1. The summed E-state index contributed by atoms with van der Waals surface area (Å²) >= 11 is 1.16. The second-order valence-corrected chi connectivity index (χ2v) is 7.37. The molecule has 0 spiro atoms. The van der Waals surface area contributed by atoms with Crippen molar-refractivity contribution >= 4 is 34.4 Å². The molecule has 0 saturated heterocycles. The van der Waals surface area contributed by atoms with Gasteiger partial charge in [-0.05, 0) is 24.6 Å². The molecule has 9 heteroatoms. The van der Waals surface area contributed by atoms with E-state index < -0.39 is 11.2 Å². The van der Waals surface area contributed by atoms with Gasteiger partial charge in [0.05, 0.1) is 5.75 Å². The zero-order valence-electron chi connectivity index (χ0n) is 16.1. The molecule has 3 rings (SSSR count). The zero-order chi connectivity index (χ0) is 20.4. The number of hydrogen-bond acceptors (Lipinski definition) is 6. The minimum Gasteiger partial charge on any atom is -0.325 e. The van der Waals surface area contributed by atoms with E-state index in [4.69, 9.17) is 0 Å². The third-order valence-corrected chi connectivity index (χ3v) is 5.25. The minimum atomic E-state index is -0.470. The monoisotopic (exact) mass is 399 g/mol. The van der Waals surface area contributed by atoms with E-state index in [0.29, 0.717) is 23.0 Å². The van der Waals surface area contributed by atoms with Crippen LogP contribution in [-0.4, -0.2) is 30.8 Å². The van der Waals surface area contributed by atoms with Gasteiger partial charge in [-0.1, -0.05) is 30.8 Å². The van der Waals surface area contributed by atoms with Gasteiger partial charge >= 0.3 is 5.69 Å². The lowest BCUT2D eigenvalue weighted by atomic mass is 10.2. The lowest BCUT2D eigenvalue weighted by Gasteiger charge is -2.11. The van der Waals surface area contributed by atoms with E-state index in [9.17, 15) is 14.4 Å². The molecule has 0 aliphatic heterocycles. The second-order valence-electron chi connectivity index (χ2n) is 6.41. The van der Waals surface area contributed by atoms with Gasteiger partial charge in [0.2, 0.25) is 5.91 Å². The summed E-state index contributed by atoms with van der Waals surface area (Å²) in [7, 11) is 2.98. The molecule has 1 amide bonds. The van der Waals surface area contributed by atoms with Crippen molar-refractivity contribution < 1.29 is 4.79 Å². The molecule has 0 aliphatic carbocycles. The van der Waals surface area contributed by atoms with Gasteiger partial charge in [0.25, 0.3) is 5.56 Å². The molecule has 8 nitrogen and oxygen atoms in total. The summed E-state index contributed by atoms with van der Waals surface area (Å²) < 4.78 is 2.35. The molecule has 1 aromatic carbocycles. The van der Waals surface area contributed by atoms with Crippen molar-refractivity contribution in [3.05, 3.63) is 56.5 Å². The van der Waals surface area contributed by atoms with E-state index in [1.54, 1.807) is 7.05 Å². The topological polar surface area (TPSA) is 98.9 Å². The number of aromatic nitrogens is 4. The van der Waals surface area contributed by atoms with Crippen LogP contribution in [0.25, 0.3) is 11.0 Å². The highest BCUT2D eigenvalue weighted by atomic mass is 32.2. The highest BCUT2D eigenvalue weighted by Gasteiger charge is 2.18. The van der Waals surface area contributed by atoms with Crippen molar-refractivity contribution in [1.82, 2.24) is 19.1 Å². The molecule has 146 valence electrons. The molecule has 0 fully saturated rings. The number of nitrogens with zero attached hydrogens (tertiary/aromatic N) is 4. The molecule has 3 aromatic rings. The van der Waals surface area contributed by atoms with Gasteiger partial charge in [0.1, 0.15) is 16.2 Å². The van der Waals surface area contributed by atoms with Gasteiger partial charge in [-0.3, -0.25) is 18.7 Å². The Morgan fingerprint density at radius 3 is 2.61 bits per heavy atom. The Morgan fingerprint density at radius 2 is 1.93 bits per heavy atom. The quantitative estimate of drug-likeness (QED) is 0.517. The van der Waals surface area contributed by atoms with Crippen molar-refractivity contribution in [3.63, 3.8) is 0 Å². The number of nitrogens with one attached hydrogen (secondary N) is 1. The number of hydrogen-bond donors (Lipinski definition) is 1. The average Bonchev–Trinajstić information content (AvgIpc) is 2.68. The minimum absolute atomic E-state index is 0.0786. The summed E-state index contributed by atoms with van der Waals surface area (Å²) in [6.45, 7) is 3.84. The smallest absolute Gasteiger partial charge is 0.325 e. The molecule has 0 radical (unpaired) electrons. The first-order valence-corrected chi connectivity index (χ1v) is 9.76. The fourth-order valence-corrected chi connectivity index (χ4v) is 3.62. The van der Waals surface area contributed by atoms with Crippen LogP contribution in [0.3, 0.4) is 0 Å². The van der Waals surface area contributed by atoms with Crippen LogP contribution in [0.2, 0.25) is 0 Å². The van der Waals surface area contributed by atoms with Crippen molar-refractivity contribution in [2.45, 2.75) is 25.3 Å². The number of fused-ring (bicyclic) bond motifs is 1. The summed E-state index contributed by atoms with van der Waals surface area (Å²) in [4.78, 5) is 46.0. The first-order chi connectivity index (χ1) is 13.3. The summed E-state index contributed by atoms with van der Waals surface area (Å²) in [5.41, 5.74) is 1.12. The van der Waals surface area contributed by atoms with Gasteiger partial charge in [-0.15, -0.1) is 0 Å². The predicted octanol–water partition coefficient (Wildman–Crippen LogP) is 1.63.